The number of benzene rings is 3. The number of hydrogen-bond donors (Lipinski definition) is 1. The molecule has 1 N–H and O–H groups in total. The average Bonchev–Trinajstić information content (AvgIpc) is 3.60. The van der Waals surface area contributed by atoms with E-state index in [0.717, 1.165) is 21.3 Å². The number of sulfonamides is 1. The van der Waals surface area contributed by atoms with Crippen molar-refractivity contribution in [2.75, 3.05) is 16.7 Å². The first-order valence-corrected chi connectivity index (χ1v) is 14.0. The monoisotopic (exact) mass is 547 g/mol. The predicted molar refractivity (Wildman–Crippen MR) is 149 cm³/mol. The van der Waals surface area contributed by atoms with Crippen LogP contribution in [0.2, 0.25) is 0 Å². The van der Waals surface area contributed by atoms with E-state index >= 15 is 0 Å². The number of nitrogens with zero attached hydrogens (tertiary/aromatic N) is 2. The van der Waals surface area contributed by atoms with Crippen LogP contribution in [0.1, 0.15) is 27.2 Å². The molecule has 5 aromatic rings. The second-order valence-corrected chi connectivity index (χ2v) is 11.4. The number of aryl methyl sites for hydroxylation is 2. The van der Waals surface area contributed by atoms with Gasteiger partial charge in [-0.15, -0.1) is 0 Å². The van der Waals surface area contributed by atoms with Crippen molar-refractivity contribution in [3.05, 3.63) is 102 Å². The van der Waals surface area contributed by atoms with E-state index in [1.54, 1.807) is 59.7 Å². The van der Waals surface area contributed by atoms with Gasteiger partial charge in [-0.1, -0.05) is 23.5 Å². The fraction of sp³-hybridized carbons (Fsp3) is 0.143. The fourth-order valence-electron chi connectivity index (χ4n) is 3.95. The molecule has 0 spiro atoms. The molecular weight excluding hydrogens is 522 g/mol. The summed E-state index contributed by atoms with van der Waals surface area (Å²) in [6, 6.07) is 20.0. The van der Waals surface area contributed by atoms with E-state index in [1.807, 2.05) is 26.0 Å². The van der Waals surface area contributed by atoms with Crippen molar-refractivity contribution in [1.82, 2.24) is 4.98 Å². The minimum atomic E-state index is -3.81. The predicted octanol–water partition coefficient (Wildman–Crippen LogP) is 6.16. The van der Waals surface area contributed by atoms with E-state index in [1.165, 1.54) is 30.6 Å². The highest BCUT2D eigenvalue weighted by Gasteiger charge is 2.24. The van der Waals surface area contributed by atoms with Crippen LogP contribution in [0.5, 0.6) is 5.75 Å². The van der Waals surface area contributed by atoms with Gasteiger partial charge in [0.1, 0.15) is 11.5 Å². The molecule has 0 saturated carbocycles. The molecule has 1 amide bonds. The molecule has 38 heavy (non-hydrogen) atoms. The van der Waals surface area contributed by atoms with E-state index in [-0.39, 0.29) is 17.3 Å². The summed E-state index contributed by atoms with van der Waals surface area (Å²) in [5.41, 5.74) is 3.71. The van der Waals surface area contributed by atoms with E-state index in [4.69, 9.17) is 14.1 Å². The SMILES string of the molecule is COc1ccc(S(=O)(=O)Nc2ccc(C(=O)N(Cc3ccco3)c3nc4c(C)ccc(C)c4s3)cc2)cc1. The summed E-state index contributed by atoms with van der Waals surface area (Å²) in [4.78, 5) is 20.2. The Balaban J connectivity index is 1.42. The smallest absolute Gasteiger partial charge is 0.261 e. The second kappa shape index (κ2) is 10.3. The molecule has 3 aromatic carbocycles. The molecule has 5 rings (SSSR count). The van der Waals surface area contributed by atoms with Crippen LogP contribution in [-0.2, 0) is 16.6 Å². The fourth-order valence-corrected chi connectivity index (χ4v) is 6.12. The lowest BCUT2D eigenvalue weighted by Crippen LogP contribution is -2.30. The molecule has 0 radical (unpaired) electrons. The van der Waals surface area contributed by atoms with Gasteiger partial charge in [0.05, 0.1) is 35.0 Å². The van der Waals surface area contributed by atoms with E-state index < -0.39 is 10.0 Å². The molecule has 8 nitrogen and oxygen atoms in total. The number of amides is 1. The summed E-state index contributed by atoms with van der Waals surface area (Å²) in [5.74, 6) is 0.902. The van der Waals surface area contributed by atoms with Gasteiger partial charge in [-0.05, 0) is 85.6 Å². The molecule has 10 heteroatoms. The number of anilines is 2. The highest BCUT2D eigenvalue weighted by molar-refractivity contribution is 7.92. The van der Waals surface area contributed by atoms with Gasteiger partial charge in [0, 0.05) is 11.3 Å². The number of rotatable bonds is 8. The number of fused-ring (bicyclic) bond motifs is 1. The number of thiazole rings is 1. The van der Waals surface area contributed by atoms with Gasteiger partial charge in [0.2, 0.25) is 0 Å². The number of aromatic nitrogens is 1. The molecule has 0 unspecified atom stereocenters. The molecule has 0 aliphatic carbocycles. The second-order valence-electron chi connectivity index (χ2n) is 8.70. The zero-order chi connectivity index (χ0) is 26.9. The maximum absolute atomic E-state index is 13.7. The van der Waals surface area contributed by atoms with Crippen molar-refractivity contribution in [1.29, 1.82) is 0 Å². The molecule has 0 bridgehead atoms. The average molecular weight is 548 g/mol. The maximum Gasteiger partial charge on any atom is 0.261 e. The third-order valence-electron chi connectivity index (χ3n) is 6.05. The number of carbonyl (C=O) groups is 1. The molecule has 2 aromatic heterocycles. The van der Waals surface area contributed by atoms with Crippen LogP contribution >= 0.6 is 11.3 Å². The van der Waals surface area contributed by atoms with E-state index in [2.05, 4.69) is 4.72 Å². The number of hydrogen-bond acceptors (Lipinski definition) is 7. The lowest BCUT2D eigenvalue weighted by atomic mass is 10.1. The minimum Gasteiger partial charge on any atom is -0.497 e. The summed E-state index contributed by atoms with van der Waals surface area (Å²) in [6.07, 6.45) is 1.56. The Kier molecular flexibility index (Phi) is 6.92. The molecule has 0 atom stereocenters. The number of ether oxygens (including phenoxy) is 1. The van der Waals surface area contributed by atoms with Crippen molar-refractivity contribution in [3.63, 3.8) is 0 Å². The lowest BCUT2D eigenvalue weighted by Gasteiger charge is -2.19. The highest BCUT2D eigenvalue weighted by atomic mass is 32.2. The number of furan rings is 1. The normalized spacial score (nSPS) is 11.4. The first-order chi connectivity index (χ1) is 18.2. The largest absolute Gasteiger partial charge is 0.497 e. The third-order valence-corrected chi connectivity index (χ3v) is 8.67. The van der Waals surface area contributed by atoms with Gasteiger partial charge >= 0.3 is 0 Å². The number of carbonyl (C=O) groups excluding carboxylic acids is 1. The molecule has 0 saturated heterocycles. The summed E-state index contributed by atoms with van der Waals surface area (Å²) in [7, 11) is -2.30. The Morgan fingerprint density at radius 3 is 2.34 bits per heavy atom. The van der Waals surface area contributed by atoms with Gasteiger partial charge in [-0.3, -0.25) is 14.4 Å². The zero-order valence-electron chi connectivity index (χ0n) is 21.0. The Bertz CT molecular complexity index is 1650. The van der Waals surface area contributed by atoms with E-state index in [9.17, 15) is 13.2 Å². The topological polar surface area (TPSA) is 102 Å². The zero-order valence-corrected chi connectivity index (χ0v) is 22.6. The molecule has 0 fully saturated rings. The van der Waals surface area contributed by atoms with Crippen LogP contribution in [0.25, 0.3) is 10.2 Å². The molecule has 0 aliphatic heterocycles. The van der Waals surface area contributed by atoms with E-state index in [0.29, 0.717) is 27.9 Å². The van der Waals surface area contributed by atoms with Crippen molar-refractivity contribution in [3.8, 4) is 5.75 Å². The first-order valence-electron chi connectivity index (χ1n) is 11.7. The highest BCUT2D eigenvalue weighted by Crippen LogP contribution is 2.34. The minimum absolute atomic E-state index is 0.101. The number of nitrogens with one attached hydrogen (secondary N) is 1. The quantitative estimate of drug-likeness (QED) is 0.250. The molecule has 2 heterocycles. The van der Waals surface area contributed by atoms with Crippen molar-refractivity contribution < 1.29 is 22.4 Å². The molecule has 194 valence electrons. The standard InChI is InChI=1S/C28H25N3O5S2/c1-18-6-7-19(2)26-25(18)29-28(37-26)31(17-23-5-4-16-36-23)27(32)20-8-10-21(11-9-20)30-38(33,34)24-14-12-22(35-3)13-15-24/h4-16,30H,17H2,1-3H3. The van der Waals surface area contributed by atoms with Crippen molar-refractivity contribution in [2.45, 2.75) is 25.3 Å². The Labute approximate surface area is 224 Å². The van der Waals surface area contributed by atoms with Crippen molar-refractivity contribution in [2.24, 2.45) is 0 Å². The van der Waals surface area contributed by atoms with Gasteiger partial charge in [-0.25, -0.2) is 13.4 Å². The Hall–Kier alpha value is -4.15. The van der Waals surface area contributed by atoms with Crippen LogP contribution in [0.15, 0.2) is 88.4 Å². The summed E-state index contributed by atoms with van der Waals surface area (Å²) in [5, 5.41) is 0.558. The Morgan fingerprint density at radius 1 is 1.00 bits per heavy atom. The summed E-state index contributed by atoms with van der Waals surface area (Å²) < 4.78 is 39.8. The van der Waals surface area contributed by atoms with Crippen LogP contribution in [-0.4, -0.2) is 26.4 Å². The number of methoxy groups -OCH3 is 1. The van der Waals surface area contributed by atoms with Crippen molar-refractivity contribution >= 4 is 48.3 Å². The first kappa shape index (κ1) is 25.5. The molecular formula is C28H25N3O5S2. The van der Waals surface area contributed by atoms with Gasteiger partial charge in [-0.2, -0.15) is 0 Å². The van der Waals surface area contributed by atoms with Crippen LogP contribution < -0.4 is 14.4 Å². The third kappa shape index (κ3) is 5.13. The molecule has 0 aliphatic rings. The Morgan fingerprint density at radius 2 is 1.71 bits per heavy atom. The van der Waals surface area contributed by atoms with Gasteiger partial charge in [0.15, 0.2) is 5.13 Å². The van der Waals surface area contributed by atoms with Gasteiger partial charge in [0.25, 0.3) is 15.9 Å². The lowest BCUT2D eigenvalue weighted by molar-refractivity contribution is 0.0983. The van der Waals surface area contributed by atoms with Gasteiger partial charge < -0.3 is 9.15 Å². The van der Waals surface area contributed by atoms with Crippen LogP contribution in [0.3, 0.4) is 0 Å². The maximum atomic E-state index is 13.7. The van der Waals surface area contributed by atoms with Crippen LogP contribution in [0.4, 0.5) is 10.8 Å². The summed E-state index contributed by atoms with van der Waals surface area (Å²) in [6.45, 7) is 4.22. The van der Waals surface area contributed by atoms with Crippen LogP contribution in [0, 0.1) is 13.8 Å². The summed E-state index contributed by atoms with van der Waals surface area (Å²) >= 11 is 1.45.